The molecular weight excluding hydrogens is 218 g/mol. The number of aliphatic hydroxyl groups is 1. The number of anilines is 1. The number of benzene rings is 1. The topological polar surface area (TPSA) is 49.8 Å². The van der Waals surface area contributed by atoms with Crippen LogP contribution in [0, 0.1) is 5.92 Å². The van der Waals surface area contributed by atoms with Crippen molar-refractivity contribution >= 4 is 11.6 Å². The maximum Gasteiger partial charge on any atom is 0.232 e. The molecular formula is C13H19NO3. The van der Waals surface area contributed by atoms with Crippen LogP contribution in [0.4, 0.5) is 5.69 Å². The molecule has 0 saturated heterocycles. The van der Waals surface area contributed by atoms with Crippen LogP contribution in [-0.2, 0) is 4.79 Å². The SMILES string of the molecule is CCC(CO)C(=O)N(C)c1ccc(OC)cc1. The predicted molar refractivity (Wildman–Crippen MR) is 67.3 cm³/mol. The quantitative estimate of drug-likeness (QED) is 0.847. The highest BCUT2D eigenvalue weighted by Crippen LogP contribution is 2.20. The Hall–Kier alpha value is -1.55. The van der Waals surface area contributed by atoms with Crippen molar-refractivity contribution in [2.45, 2.75) is 13.3 Å². The molecule has 0 fully saturated rings. The lowest BCUT2D eigenvalue weighted by Gasteiger charge is -2.22. The first kappa shape index (κ1) is 13.5. The van der Waals surface area contributed by atoms with Gasteiger partial charge in [0.15, 0.2) is 0 Å². The van der Waals surface area contributed by atoms with Crippen molar-refractivity contribution in [2.75, 3.05) is 25.7 Å². The van der Waals surface area contributed by atoms with Gasteiger partial charge >= 0.3 is 0 Å². The van der Waals surface area contributed by atoms with Gasteiger partial charge in [-0.3, -0.25) is 4.79 Å². The third kappa shape index (κ3) is 3.20. The van der Waals surface area contributed by atoms with Gasteiger partial charge in [0.2, 0.25) is 5.91 Å². The molecule has 0 saturated carbocycles. The zero-order chi connectivity index (χ0) is 12.8. The molecule has 0 heterocycles. The highest BCUT2D eigenvalue weighted by atomic mass is 16.5. The van der Waals surface area contributed by atoms with Gasteiger partial charge < -0.3 is 14.7 Å². The van der Waals surface area contributed by atoms with Crippen LogP contribution < -0.4 is 9.64 Å². The molecule has 1 N–H and O–H groups in total. The van der Waals surface area contributed by atoms with Crippen molar-refractivity contribution in [3.05, 3.63) is 24.3 Å². The average molecular weight is 237 g/mol. The zero-order valence-corrected chi connectivity index (χ0v) is 10.5. The summed E-state index contributed by atoms with van der Waals surface area (Å²) in [5.74, 6) is 0.353. The second-order valence-corrected chi connectivity index (χ2v) is 3.88. The number of ether oxygens (including phenoxy) is 1. The normalized spacial score (nSPS) is 12.0. The molecule has 1 unspecified atom stereocenters. The fourth-order valence-corrected chi connectivity index (χ4v) is 1.59. The van der Waals surface area contributed by atoms with E-state index in [1.807, 2.05) is 19.1 Å². The highest BCUT2D eigenvalue weighted by Gasteiger charge is 2.20. The molecule has 1 aromatic carbocycles. The minimum atomic E-state index is -0.331. The van der Waals surface area contributed by atoms with E-state index in [0.717, 1.165) is 11.4 Å². The van der Waals surface area contributed by atoms with Crippen molar-refractivity contribution in [1.29, 1.82) is 0 Å². The average Bonchev–Trinajstić information content (AvgIpc) is 2.39. The molecule has 0 bridgehead atoms. The van der Waals surface area contributed by atoms with Crippen LogP contribution in [0.2, 0.25) is 0 Å². The van der Waals surface area contributed by atoms with Gasteiger partial charge in [-0.15, -0.1) is 0 Å². The van der Waals surface area contributed by atoms with E-state index in [1.165, 1.54) is 0 Å². The molecule has 0 aromatic heterocycles. The fraction of sp³-hybridized carbons (Fsp3) is 0.462. The zero-order valence-electron chi connectivity index (χ0n) is 10.5. The molecule has 0 aliphatic rings. The Morgan fingerprint density at radius 2 is 2.00 bits per heavy atom. The number of carbonyl (C=O) groups is 1. The molecule has 4 heteroatoms. The number of carbonyl (C=O) groups excluding carboxylic acids is 1. The van der Waals surface area contributed by atoms with Crippen LogP contribution in [0.5, 0.6) is 5.75 Å². The standard InChI is InChI=1S/C13H19NO3/c1-4-10(9-15)13(16)14(2)11-5-7-12(17-3)8-6-11/h5-8,10,15H,4,9H2,1-3H3. The Labute approximate surface area is 102 Å². The van der Waals surface area contributed by atoms with Gasteiger partial charge in [-0.2, -0.15) is 0 Å². The van der Waals surface area contributed by atoms with Crippen LogP contribution >= 0.6 is 0 Å². The largest absolute Gasteiger partial charge is 0.497 e. The molecule has 94 valence electrons. The summed E-state index contributed by atoms with van der Waals surface area (Å²) < 4.78 is 5.06. The third-order valence-electron chi connectivity index (χ3n) is 2.85. The van der Waals surface area contributed by atoms with Crippen molar-refractivity contribution < 1.29 is 14.6 Å². The van der Waals surface area contributed by atoms with Crippen molar-refractivity contribution in [1.82, 2.24) is 0 Å². The molecule has 1 amide bonds. The van der Waals surface area contributed by atoms with Gasteiger partial charge in [0.25, 0.3) is 0 Å². The van der Waals surface area contributed by atoms with E-state index < -0.39 is 0 Å². The van der Waals surface area contributed by atoms with Gasteiger partial charge in [0.1, 0.15) is 5.75 Å². The Kier molecular flexibility index (Phi) is 4.97. The van der Waals surface area contributed by atoms with Gasteiger partial charge in [0.05, 0.1) is 19.6 Å². The third-order valence-corrected chi connectivity index (χ3v) is 2.85. The summed E-state index contributed by atoms with van der Waals surface area (Å²) in [6, 6.07) is 7.25. The van der Waals surface area contributed by atoms with E-state index in [0.29, 0.717) is 6.42 Å². The summed E-state index contributed by atoms with van der Waals surface area (Å²) in [7, 11) is 3.31. The highest BCUT2D eigenvalue weighted by molar-refractivity contribution is 5.94. The summed E-state index contributed by atoms with van der Waals surface area (Å²) >= 11 is 0. The molecule has 1 atom stereocenters. The Morgan fingerprint density at radius 3 is 2.41 bits per heavy atom. The minimum Gasteiger partial charge on any atom is -0.497 e. The van der Waals surface area contributed by atoms with E-state index in [1.54, 1.807) is 31.2 Å². The molecule has 0 radical (unpaired) electrons. The Bertz CT molecular complexity index is 357. The van der Waals surface area contributed by atoms with E-state index in [2.05, 4.69) is 0 Å². The number of hydrogen-bond acceptors (Lipinski definition) is 3. The fourth-order valence-electron chi connectivity index (χ4n) is 1.59. The van der Waals surface area contributed by atoms with Gasteiger partial charge in [-0.25, -0.2) is 0 Å². The predicted octanol–water partition coefficient (Wildman–Crippen LogP) is 1.68. The number of amides is 1. The smallest absolute Gasteiger partial charge is 0.232 e. The first-order chi connectivity index (χ1) is 8.13. The van der Waals surface area contributed by atoms with Gasteiger partial charge in [0, 0.05) is 12.7 Å². The van der Waals surface area contributed by atoms with Crippen LogP contribution in [0.3, 0.4) is 0 Å². The van der Waals surface area contributed by atoms with Crippen LogP contribution in [-0.4, -0.2) is 31.8 Å². The lowest BCUT2D eigenvalue weighted by molar-refractivity contribution is -0.123. The van der Waals surface area contributed by atoms with E-state index in [4.69, 9.17) is 9.84 Å². The lowest BCUT2D eigenvalue weighted by Crippen LogP contribution is -2.34. The number of hydrogen-bond donors (Lipinski definition) is 1. The first-order valence-electron chi connectivity index (χ1n) is 5.66. The number of rotatable bonds is 5. The molecule has 0 aliphatic heterocycles. The van der Waals surface area contributed by atoms with Crippen LogP contribution in [0.1, 0.15) is 13.3 Å². The Morgan fingerprint density at radius 1 is 1.41 bits per heavy atom. The van der Waals surface area contributed by atoms with Crippen molar-refractivity contribution in [3.8, 4) is 5.75 Å². The number of methoxy groups -OCH3 is 1. The summed E-state index contributed by atoms with van der Waals surface area (Å²) in [6.45, 7) is 1.77. The maximum atomic E-state index is 12.0. The molecule has 17 heavy (non-hydrogen) atoms. The second-order valence-electron chi connectivity index (χ2n) is 3.88. The van der Waals surface area contributed by atoms with E-state index in [9.17, 15) is 4.79 Å². The second kappa shape index (κ2) is 6.25. The molecule has 0 aliphatic carbocycles. The summed E-state index contributed by atoms with van der Waals surface area (Å²) in [5.41, 5.74) is 0.794. The van der Waals surface area contributed by atoms with Crippen molar-refractivity contribution in [3.63, 3.8) is 0 Å². The number of aliphatic hydroxyl groups excluding tert-OH is 1. The van der Waals surface area contributed by atoms with E-state index >= 15 is 0 Å². The monoisotopic (exact) mass is 237 g/mol. The maximum absolute atomic E-state index is 12.0. The summed E-state index contributed by atoms with van der Waals surface area (Å²) in [6.07, 6.45) is 0.635. The van der Waals surface area contributed by atoms with Crippen molar-refractivity contribution in [2.24, 2.45) is 5.92 Å². The first-order valence-corrected chi connectivity index (χ1v) is 5.66. The molecule has 1 rings (SSSR count). The summed E-state index contributed by atoms with van der Waals surface area (Å²) in [4.78, 5) is 13.6. The number of nitrogens with zero attached hydrogens (tertiary/aromatic N) is 1. The van der Waals surface area contributed by atoms with Gasteiger partial charge in [-0.1, -0.05) is 6.92 Å². The minimum absolute atomic E-state index is 0.0693. The Balaban J connectivity index is 2.80. The molecule has 0 spiro atoms. The van der Waals surface area contributed by atoms with Crippen LogP contribution in [0.15, 0.2) is 24.3 Å². The summed E-state index contributed by atoms with van der Waals surface area (Å²) in [5, 5.41) is 9.11. The van der Waals surface area contributed by atoms with Gasteiger partial charge in [-0.05, 0) is 30.7 Å². The van der Waals surface area contributed by atoms with E-state index in [-0.39, 0.29) is 18.4 Å². The molecule has 1 aromatic rings. The van der Waals surface area contributed by atoms with Crippen LogP contribution in [0.25, 0.3) is 0 Å². The molecule has 4 nitrogen and oxygen atoms in total. The lowest BCUT2D eigenvalue weighted by atomic mass is 10.1.